The van der Waals surface area contributed by atoms with Crippen molar-refractivity contribution in [1.29, 1.82) is 0 Å². The van der Waals surface area contributed by atoms with Crippen molar-refractivity contribution < 1.29 is 19.1 Å². The first-order chi connectivity index (χ1) is 16.8. The van der Waals surface area contributed by atoms with Crippen molar-refractivity contribution in [2.24, 2.45) is 0 Å². The minimum absolute atomic E-state index is 0.185. The largest absolute Gasteiger partial charge is 0.490 e. The second kappa shape index (κ2) is 11.5. The second-order valence-electron chi connectivity index (χ2n) is 7.57. The standard InChI is InChI=1S/C26H20BrCl2NO4S/c1-2-33-22-12-18(11-21(27)24(22)34-15-17-5-9-20(29)10-6-17)13-23-25(31)30(26(32)35-23)14-16-3-7-19(28)8-4-16/h3-13H,2,14-15H2,1H3/b23-13-. The molecule has 0 bridgehead atoms. The lowest BCUT2D eigenvalue weighted by Gasteiger charge is -2.15. The van der Waals surface area contributed by atoms with Gasteiger partial charge >= 0.3 is 0 Å². The van der Waals surface area contributed by atoms with E-state index in [9.17, 15) is 9.59 Å². The lowest BCUT2D eigenvalue weighted by Crippen LogP contribution is -2.27. The van der Waals surface area contributed by atoms with Crippen LogP contribution in [0.5, 0.6) is 11.5 Å². The summed E-state index contributed by atoms with van der Waals surface area (Å²) >= 11 is 16.3. The summed E-state index contributed by atoms with van der Waals surface area (Å²) in [6.07, 6.45) is 1.68. The van der Waals surface area contributed by atoms with Gasteiger partial charge in [-0.25, -0.2) is 0 Å². The van der Waals surface area contributed by atoms with Crippen LogP contribution in [0.4, 0.5) is 4.79 Å². The Kier molecular flexibility index (Phi) is 8.44. The van der Waals surface area contributed by atoms with E-state index in [4.69, 9.17) is 32.7 Å². The van der Waals surface area contributed by atoms with Crippen LogP contribution in [0.2, 0.25) is 10.0 Å². The van der Waals surface area contributed by atoms with E-state index in [0.717, 1.165) is 22.9 Å². The van der Waals surface area contributed by atoms with E-state index >= 15 is 0 Å². The van der Waals surface area contributed by atoms with E-state index in [-0.39, 0.29) is 17.7 Å². The van der Waals surface area contributed by atoms with Crippen molar-refractivity contribution in [2.45, 2.75) is 20.1 Å². The monoisotopic (exact) mass is 591 g/mol. The molecule has 3 aromatic rings. The fourth-order valence-electron chi connectivity index (χ4n) is 3.37. The highest BCUT2D eigenvalue weighted by molar-refractivity contribution is 9.10. The van der Waals surface area contributed by atoms with Crippen LogP contribution in [0.25, 0.3) is 6.08 Å². The fourth-order valence-corrected chi connectivity index (χ4v) is 5.03. The van der Waals surface area contributed by atoms with Crippen molar-refractivity contribution in [2.75, 3.05) is 6.61 Å². The third kappa shape index (κ3) is 6.41. The van der Waals surface area contributed by atoms with Gasteiger partial charge in [-0.15, -0.1) is 0 Å². The summed E-state index contributed by atoms with van der Waals surface area (Å²) in [5.74, 6) is 0.740. The van der Waals surface area contributed by atoms with Crippen LogP contribution in [-0.4, -0.2) is 22.7 Å². The number of halogens is 3. The van der Waals surface area contributed by atoms with E-state index in [0.29, 0.717) is 49.7 Å². The van der Waals surface area contributed by atoms with Gasteiger partial charge in [-0.2, -0.15) is 0 Å². The van der Waals surface area contributed by atoms with Crippen LogP contribution in [0.15, 0.2) is 70.0 Å². The van der Waals surface area contributed by atoms with Crippen molar-refractivity contribution in [1.82, 2.24) is 4.90 Å². The first-order valence-electron chi connectivity index (χ1n) is 10.7. The molecule has 0 aliphatic carbocycles. The Morgan fingerprint density at radius 1 is 0.943 bits per heavy atom. The maximum Gasteiger partial charge on any atom is 0.293 e. The normalized spacial score (nSPS) is 14.6. The van der Waals surface area contributed by atoms with Crippen molar-refractivity contribution in [3.8, 4) is 11.5 Å². The third-order valence-corrected chi connectivity index (χ3v) is 7.05. The second-order valence-corrected chi connectivity index (χ2v) is 10.3. The number of nitrogens with zero attached hydrogens (tertiary/aromatic N) is 1. The fraction of sp³-hybridized carbons (Fsp3) is 0.154. The number of hydrogen-bond acceptors (Lipinski definition) is 5. The molecule has 1 heterocycles. The maximum atomic E-state index is 13.0. The first-order valence-corrected chi connectivity index (χ1v) is 13.0. The summed E-state index contributed by atoms with van der Waals surface area (Å²) in [6.45, 7) is 2.83. The number of carbonyl (C=O) groups is 2. The molecule has 1 aliphatic rings. The lowest BCUT2D eigenvalue weighted by atomic mass is 10.1. The quantitative estimate of drug-likeness (QED) is 0.248. The topological polar surface area (TPSA) is 55.8 Å². The Balaban J connectivity index is 1.54. The molecule has 1 aliphatic heterocycles. The van der Waals surface area contributed by atoms with Gasteiger partial charge in [-0.05, 0) is 93.8 Å². The zero-order valence-corrected chi connectivity index (χ0v) is 22.5. The predicted molar refractivity (Wildman–Crippen MR) is 144 cm³/mol. The molecule has 35 heavy (non-hydrogen) atoms. The molecule has 2 amide bonds. The van der Waals surface area contributed by atoms with Gasteiger partial charge in [0.25, 0.3) is 11.1 Å². The number of imide groups is 1. The molecule has 0 unspecified atom stereocenters. The van der Waals surface area contributed by atoms with E-state index in [1.54, 1.807) is 36.4 Å². The van der Waals surface area contributed by atoms with Gasteiger partial charge in [0.2, 0.25) is 0 Å². The Hall–Kier alpha value is -2.45. The molecule has 0 radical (unpaired) electrons. The van der Waals surface area contributed by atoms with Gasteiger partial charge < -0.3 is 9.47 Å². The minimum atomic E-state index is -0.341. The Bertz CT molecular complexity index is 1280. The number of rotatable bonds is 8. The predicted octanol–water partition coefficient (Wildman–Crippen LogP) is 7.97. The van der Waals surface area contributed by atoms with Crippen LogP contribution in [0.3, 0.4) is 0 Å². The van der Waals surface area contributed by atoms with Crippen LogP contribution in [0, 0.1) is 0 Å². The number of ether oxygens (including phenoxy) is 2. The molecule has 9 heteroatoms. The lowest BCUT2D eigenvalue weighted by molar-refractivity contribution is -0.123. The average molecular weight is 593 g/mol. The van der Waals surface area contributed by atoms with E-state index in [1.165, 1.54) is 4.90 Å². The highest BCUT2D eigenvalue weighted by atomic mass is 79.9. The van der Waals surface area contributed by atoms with Crippen LogP contribution < -0.4 is 9.47 Å². The van der Waals surface area contributed by atoms with Crippen molar-refractivity contribution in [3.05, 3.63) is 96.8 Å². The molecule has 3 aromatic carbocycles. The van der Waals surface area contributed by atoms with Gasteiger partial charge in [0.05, 0.1) is 22.5 Å². The molecular formula is C26H20BrCl2NO4S. The summed E-state index contributed by atoms with van der Waals surface area (Å²) < 4.78 is 12.5. The van der Waals surface area contributed by atoms with Gasteiger partial charge in [0, 0.05) is 10.0 Å². The van der Waals surface area contributed by atoms with Gasteiger partial charge in [0.1, 0.15) is 6.61 Å². The molecule has 0 spiro atoms. The molecule has 0 saturated carbocycles. The number of benzene rings is 3. The molecule has 0 aromatic heterocycles. The molecule has 0 atom stereocenters. The number of amides is 2. The molecule has 0 N–H and O–H groups in total. The van der Waals surface area contributed by atoms with Gasteiger partial charge in [-0.1, -0.05) is 47.5 Å². The maximum absolute atomic E-state index is 13.0. The van der Waals surface area contributed by atoms with E-state index < -0.39 is 0 Å². The Morgan fingerprint density at radius 3 is 2.20 bits per heavy atom. The Labute approximate surface area is 226 Å². The molecular weight excluding hydrogens is 573 g/mol. The first kappa shape index (κ1) is 25.6. The summed E-state index contributed by atoms with van der Waals surface area (Å²) in [4.78, 5) is 27.0. The number of thioether (sulfide) groups is 1. The molecule has 5 nitrogen and oxygen atoms in total. The van der Waals surface area contributed by atoms with Crippen LogP contribution in [0.1, 0.15) is 23.6 Å². The SMILES string of the molecule is CCOc1cc(/C=C2\SC(=O)N(Cc3ccc(Cl)cc3)C2=O)cc(Br)c1OCc1ccc(Cl)cc1. The molecule has 180 valence electrons. The highest BCUT2D eigenvalue weighted by Gasteiger charge is 2.35. The Morgan fingerprint density at radius 2 is 1.57 bits per heavy atom. The summed E-state index contributed by atoms with van der Waals surface area (Å²) in [7, 11) is 0. The molecule has 4 rings (SSSR count). The molecule has 1 fully saturated rings. The van der Waals surface area contributed by atoms with Crippen molar-refractivity contribution >= 4 is 68.1 Å². The zero-order chi connectivity index (χ0) is 24.9. The smallest absolute Gasteiger partial charge is 0.293 e. The minimum Gasteiger partial charge on any atom is -0.490 e. The summed E-state index contributed by atoms with van der Waals surface area (Å²) in [5, 5.41) is 0.939. The van der Waals surface area contributed by atoms with Crippen molar-refractivity contribution in [3.63, 3.8) is 0 Å². The number of hydrogen-bond donors (Lipinski definition) is 0. The average Bonchev–Trinajstić information content (AvgIpc) is 3.08. The van der Waals surface area contributed by atoms with Crippen LogP contribution >= 0.6 is 50.9 Å². The van der Waals surface area contributed by atoms with Crippen LogP contribution in [-0.2, 0) is 17.9 Å². The number of carbonyl (C=O) groups excluding carboxylic acids is 2. The highest BCUT2D eigenvalue weighted by Crippen LogP contribution is 2.40. The summed E-state index contributed by atoms with van der Waals surface area (Å²) in [5.41, 5.74) is 2.49. The van der Waals surface area contributed by atoms with E-state index in [1.807, 2.05) is 37.3 Å². The summed E-state index contributed by atoms with van der Waals surface area (Å²) in [6, 6.07) is 18.1. The third-order valence-electron chi connectivity index (χ3n) is 5.05. The van der Waals surface area contributed by atoms with Gasteiger partial charge in [-0.3, -0.25) is 14.5 Å². The van der Waals surface area contributed by atoms with Gasteiger partial charge in [0.15, 0.2) is 11.5 Å². The molecule has 1 saturated heterocycles. The van der Waals surface area contributed by atoms with E-state index in [2.05, 4.69) is 15.9 Å². The zero-order valence-electron chi connectivity index (χ0n) is 18.6.